The highest BCUT2D eigenvalue weighted by molar-refractivity contribution is 4.58. The number of unbranched alkanes of at least 4 members (excludes halogenated alkanes) is 1. The highest BCUT2D eigenvalue weighted by atomic mass is 16.5. The van der Waals surface area contributed by atoms with Crippen molar-refractivity contribution in [2.75, 3.05) is 66.3 Å². The molecule has 0 saturated carbocycles. The fourth-order valence-corrected chi connectivity index (χ4v) is 1.57. The van der Waals surface area contributed by atoms with Crippen LogP contribution >= 0.6 is 0 Å². The third-order valence-electron chi connectivity index (χ3n) is 3.33. The lowest BCUT2D eigenvalue weighted by Gasteiger charge is -2.20. The first kappa shape index (κ1) is 20.8. The molecule has 0 aliphatic heterocycles. The van der Waals surface area contributed by atoms with Gasteiger partial charge >= 0.3 is 0 Å². The smallest absolute Gasteiger partial charge is 0.0701 e. The van der Waals surface area contributed by atoms with E-state index >= 15 is 0 Å². The van der Waals surface area contributed by atoms with E-state index in [1.54, 1.807) is 0 Å². The Hall–Kier alpha value is -0.200. The Kier molecular flexibility index (Phi) is 16.0. The van der Waals surface area contributed by atoms with Crippen LogP contribution < -0.4 is 5.32 Å². The molecule has 0 radical (unpaired) electrons. The van der Waals surface area contributed by atoms with Crippen LogP contribution in [0.25, 0.3) is 0 Å². The van der Waals surface area contributed by atoms with Crippen LogP contribution in [0.1, 0.15) is 33.6 Å². The van der Waals surface area contributed by atoms with Crippen molar-refractivity contribution in [3.8, 4) is 0 Å². The molecular formula is C16H36N2O3. The van der Waals surface area contributed by atoms with E-state index in [1.807, 2.05) is 0 Å². The molecule has 0 unspecified atom stereocenters. The Labute approximate surface area is 131 Å². The summed E-state index contributed by atoms with van der Waals surface area (Å²) in [5, 5.41) is 3.37. The molecule has 0 aromatic carbocycles. The first-order valence-electron chi connectivity index (χ1n) is 8.32. The van der Waals surface area contributed by atoms with E-state index in [9.17, 15) is 0 Å². The van der Waals surface area contributed by atoms with Gasteiger partial charge in [0.15, 0.2) is 0 Å². The highest BCUT2D eigenvalue weighted by Crippen LogP contribution is 1.90. The Balaban J connectivity index is 3.03. The van der Waals surface area contributed by atoms with E-state index in [1.165, 1.54) is 6.42 Å². The maximum Gasteiger partial charge on any atom is 0.0701 e. The van der Waals surface area contributed by atoms with Crippen molar-refractivity contribution in [1.82, 2.24) is 10.2 Å². The van der Waals surface area contributed by atoms with Crippen molar-refractivity contribution in [1.29, 1.82) is 0 Å². The molecule has 128 valence electrons. The van der Waals surface area contributed by atoms with Crippen LogP contribution in [0, 0.1) is 0 Å². The lowest BCUT2D eigenvalue weighted by atomic mass is 10.3. The number of likely N-dealkylation sites (N-methyl/N-ethyl adjacent to an activating group) is 1. The summed E-state index contributed by atoms with van der Waals surface area (Å²) in [6.45, 7) is 13.8. The van der Waals surface area contributed by atoms with Gasteiger partial charge in [0.1, 0.15) is 0 Å². The predicted octanol–water partition coefficient (Wildman–Crippen LogP) is 1.77. The van der Waals surface area contributed by atoms with Gasteiger partial charge in [-0.15, -0.1) is 0 Å². The van der Waals surface area contributed by atoms with E-state index in [0.29, 0.717) is 32.5 Å². The maximum absolute atomic E-state index is 5.49. The minimum atomic E-state index is 0.603. The van der Waals surface area contributed by atoms with Crippen LogP contribution in [0.5, 0.6) is 0 Å². The summed E-state index contributed by atoms with van der Waals surface area (Å²) in [6, 6.07) is 0.603. The summed E-state index contributed by atoms with van der Waals surface area (Å²) in [7, 11) is 2.14. The zero-order chi connectivity index (χ0) is 15.8. The van der Waals surface area contributed by atoms with Gasteiger partial charge in [0, 0.05) is 32.3 Å². The molecule has 0 bridgehead atoms. The lowest BCUT2D eigenvalue weighted by Crippen LogP contribution is -2.34. The number of ether oxygens (including phenoxy) is 3. The Morgan fingerprint density at radius 3 is 2.00 bits per heavy atom. The zero-order valence-corrected chi connectivity index (χ0v) is 14.5. The van der Waals surface area contributed by atoms with Crippen molar-refractivity contribution >= 4 is 0 Å². The molecule has 5 nitrogen and oxygen atoms in total. The summed E-state index contributed by atoms with van der Waals surface area (Å²) >= 11 is 0. The molecule has 0 heterocycles. The summed E-state index contributed by atoms with van der Waals surface area (Å²) in [5.74, 6) is 0. The van der Waals surface area contributed by atoms with Gasteiger partial charge in [-0.1, -0.05) is 13.3 Å². The normalized spacial score (nSPS) is 11.7. The monoisotopic (exact) mass is 304 g/mol. The first-order chi connectivity index (χ1) is 10.2. The van der Waals surface area contributed by atoms with Crippen molar-refractivity contribution < 1.29 is 14.2 Å². The molecule has 0 atom stereocenters. The van der Waals surface area contributed by atoms with Gasteiger partial charge in [0.25, 0.3) is 0 Å². The van der Waals surface area contributed by atoms with Crippen molar-refractivity contribution in [2.24, 2.45) is 0 Å². The van der Waals surface area contributed by atoms with Gasteiger partial charge in [0.2, 0.25) is 0 Å². The third kappa shape index (κ3) is 16.0. The van der Waals surface area contributed by atoms with Crippen LogP contribution in [0.4, 0.5) is 0 Å². The Morgan fingerprint density at radius 1 is 0.857 bits per heavy atom. The zero-order valence-electron chi connectivity index (χ0n) is 14.5. The summed E-state index contributed by atoms with van der Waals surface area (Å²) in [4.78, 5) is 2.32. The second kappa shape index (κ2) is 16.2. The van der Waals surface area contributed by atoms with Gasteiger partial charge in [0.05, 0.1) is 33.0 Å². The lowest BCUT2D eigenvalue weighted by molar-refractivity contribution is 0.0146. The van der Waals surface area contributed by atoms with Gasteiger partial charge in [-0.25, -0.2) is 0 Å². The molecule has 0 rings (SSSR count). The number of hydrogen-bond donors (Lipinski definition) is 1. The summed E-state index contributed by atoms with van der Waals surface area (Å²) in [5.41, 5.74) is 0. The number of nitrogens with zero attached hydrogens (tertiary/aromatic N) is 1. The van der Waals surface area contributed by atoms with Gasteiger partial charge < -0.3 is 24.4 Å². The molecule has 5 heteroatoms. The molecule has 21 heavy (non-hydrogen) atoms. The third-order valence-corrected chi connectivity index (χ3v) is 3.33. The SMILES string of the molecule is CCCCOCCOCCOCCNCCN(C)C(C)C. The number of hydrogen-bond acceptors (Lipinski definition) is 5. The van der Waals surface area contributed by atoms with E-state index < -0.39 is 0 Å². The van der Waals surface area contributed by atoms with Crippen molar-refractivity contribution in [3.05, 3.63) is 0 Å². The second-order valence-electron chi connectivity index (χ2n) is 5.52. The maximum atomic E-state index is 5.49. The standard InChI is InChI=1S/C16H36N2O3/c1-5-6-10-19-12-14-21-15-13-20-11-8-17-7-9-18(4)16(2)3/h16-17H,5-15H2,1-4H3. The Bertz CT molecular complexity index is 204. The molecule has 0 saturated heterocycles. The molecule has 0 aliphatic rings. The molecule has 0 spiro atoms. The van der Waals surface area contributed by atoms with Crippen molar-refractivity contribution in [2.45, 2.75) is 39.7 Å². The highest BCUT2D eigenvalue weighted by Gasteiger charge is 2.01. The molecule has 0 aliphatic carbocycles. The topological polar surface area (TPSA) is 43.0 Å². The van der Waals surface area contributed by atoms with Gasteiger partial charge in [-0.05, 0) is 27.3 Å². The van der Waals surface area contributed by atoms with Gasteiger partial charge in [-0.3, -0.25) is 0 Å². The van der Waals surface area contributed by atoms with E-state index in [2.05, 4.69) is 38.0 Å². The van der Waals surface area contributed by atoms with Crippen LogP contribution in [-0.4, -0.2) is 77.3 Å². The number of rotatable bonds is 16. The second-order valence-corrected chi connectivity index (χ2v) is 5.52. The minimum absolute atomic E-state index is 0.603. The van der Waals surface area contributed by atoms with E-state index in [-0.39, 0.29) is 0 Å². The summed E-state index contributed by atoms with van der Waals surface area (Å²) < 4.78 is 16.3. The molecule has 0 aromatic rings. The molecule has 0 fully saturated rings. The number of nitrogens with one attached hydrogen (secondary N) is 1. The van der Waals surface area contributed by atoms with Crippen molar-refractivity contribution in [3.63, 3.8) is 0 Å². The van der Waals surface area contributed by atoms with Crippen LogP contribution in [0.2, 0.25) is 0 Å². The van der Waals surface area contributed by atoms with Crippen LogP contribution in [-0.2, 0) is 14.2 Å². The fraction of sp³-hybridized carbons (Fsp3) is 1.00. The quantitative estimate of drug-likeness (QED) is 0.440. The Morgan fingerprint density at radius 2 is 1.43 bits per heavy atom. The first-order valence-corrected chi connectivity index (χ1v) is 8.32. The van der Waals surface area contributed by atoms with E-state index in [0.717, 1.165) is 39.3 Å². The fourth-order valence-electron chi connectivity index (χ4n) is 1.57. The van der Waals surface area contributed by atoms with Crippen LogP contribution in [0.15, 0.2) is 0 Å². The molecule has 1 N–H and O–H groups in total. The molecule has 0 aromatic heterocycles. The van der Waals surface area contributed by atoms with Gasteiger partial charge in [-0.2, -0.15) is 0 Å². The molecule has 0 amide bonds. The van der Waals surface area contributed by atoms with Crippen LogP contribution in [0.3, 0.4) is 0 Å². The predicted molar refractivity (Wildman–Crippen MR) is 88.0 cm³/mol. The molecular weight excluding hydrogens is 268 g/mol. The summed E-state index contributed by atoms with van der Waals surface area (Å²) in [6.07, 6.45) is 2.31. The minimum Gasteiger partial charge on any atom is -0.379 e. The largest absolute Gasteiger partial charge is 0.379 e. The average molecular weight is 304 g/mol. The van der Waals surface area contributed by atoms with E-state index in [4.69, 9.17) is 14.2 Å². The average Bonchev–Trinajstić information content (AvgIpc) is 2.47.